The van der Waals surface area contributed by atoms with Crippen molar-refractivity contribution in [1.82, 2.24) is 10.3 Å². The zero-order valence-corrected chi connectivity index (χ0v) is 11.7. The fraction of sp³-hybridized carbons (Fsp3) is 0.0714. The summed E-state index contributed by atoms with van der Waals surface area (Å²) in [6.07, 6.45) is 0. The van der Waals surface area contributed by atoms with Gasteiger partial charge in [0.2, 0.25) is 5.76 Å². The summed E-state index contributed by atoms with van der Waals surface area (Å²) in [6, 6.07) is 10.3. The molecule has 0 radical (unpaired) electrons. The summed E-state index contributed by atoms with van der Waals surface area (Å²) < 4.78 is 9.90. The van der Waals surface area contributed by atoms with Crippen molar-refractivity contribution < 1.29 is 13.8 Å². The predicted octanol–water partition coefficient (Wildman–Crippen LogP) is 3.54. The summed E-state index contributed by atoms with van der Waals surface area (Å²) in [5.74, 6) is 0.537. The molecule has 0 atom stereocenters. The molecule has 0 saturated carbocycles. The molecule has 3 rings (SSSR count). The molecule has 1 amide bonds. The summed E-state index contributed by atoms with van der Waals surface area (Å²) in [5, 5.41) is 10.7. The molecule has 0 spiro atoms. The number of nitrogens with one attached hydrogen (secondary N) is 1. The van der Waals surface area contributed by atoms with Gasteiger partial charge in [0.25, 0.3) is 5.91 Å². The molecule has 3 aromatic rings. The van der Waals surface area contributed by atoms with Crippen molar-refractivity contribution in [1.29, 1.82) is 0 Å². The molecular formula is C14H10ClN3O3. The molecule has 21 heavy (non-hydrogen) atoms. The van der Waals surface area contributed by atoms with Gasteiger partial charge in [0.1, 0.15) is 11.5 Å². The van der Waals surface area contributed by atoms with Gasteiger partial charge >= 0.3 is 0 Å². The number of nitrogens with zero attached hydrogens (tertiary/aromatic N) is 2. The Labute approximate surface area is 124 Å². The van der Waals surface area contributed by atoms with E-state index >= 15 is 0 Å². The maximum atomic E-state index is 12.0. The fourth-order valence-electron chi connectivity index (χ4n) is 1.77. The van der Waals surface area contributed by atoms with Gasteiger partial charge in [0.05, 0.1) is 0 Å². The lowest BCUT2D eigenvalue weighted by Crippen LogP contribution is -2.10. The fourth-order valence-corrected chi connectivity index (χ4v) is 1.96. The summed E-state index contributed by atoms with van der Waals surface area (Å²) >= 11 is 5.92. The van der Waals surface area contributed by atoms with Gasteiger partial charge in [-0.2, -0.15) is 0 Å². The second kappa shape index (κ2) is 5.41. The highest BCUT2D eigenvalue weighted by Gasteiger charge is 2.15. The highest BCUT2D eigenvalue weighted by molar-refractivity contribution is 6.30. The lowest BCUT2D eigenvalue weighted by molar-refractivity contribution is 0.0987. The Morgan fingerprint density at radius 1 is 1.19 bits per heavy atom. The highest BCUT2D eigenvalue weighted by Crippen LogP contribution is 2.22. The Kier molecular flexibility index (Phi) is 3.45. The Bertz CT molecular complexity index is 794. The van der Waals surface area contributed by atoms with Crippen molar-refractivity contribution in [2.45, 2.75) is 6.92 Å². The number of benzene rings is 1. The quantitative estimate of drug-likeness (QED) is 0.800. The normalized spacial score (nSPS) is 10.6. The van der Waals surface area contributed by atoms with E-state index in [4.69, 9.17) is 20.6 Å². The molecule has 7 heteroatoms. The number of aromatic nitrogens is 2. The lowest BCUT2D eigenvalue weighted by atomic mass is 10.1. The van der Waals surface area contributed by atoms with Crippen molar-refractivity contribution in [2.75, 3.05) is 5.32 Å². The summed E-state index contributed by atoms with van der Waals surface area (Å²) in [5.41, 5.74) is 1.29. The predicted molar refractivity (Wildman–Crippen MR) is 76.1 cm³/mol. The van der Waals surface area contributed by atoms with Crippen LogP contribution in [0.2, 0.25) is 5.02 Å². The molecule has 2 aromatic heterocycles. The number of aryl methyl sites for hydroxylation is 1. The maximum Gasteiger partial charge on any atom is 0.295 e. The minimum atomic E-state index is -0.455. The highest BCUT2D eigenvalue weighted by atomic mass is 35.5. The van der Waals surface area contributed by atoms with Crippen LogP contribution in [0.4, 0.5) is 5.82 Å². The van der Waals surface area contributed by atoms with Gasteiger partial charge in [-0.25, -0.2) is 0 Å². The van der Waals surface area contributed by atoms with Gasteiger partial charge < -0.3 is 14.4 Å². The number of carbonyl (C=O) groups excluding carboxylic acids is 1. The standard InChI is InChI=1S/C14H10ClN3O3/c1-8-5-13(18-20-8)16-14(19)12-7-11(17-21-12)9-3-2-4-10(15)6-9/h2-7H,1H3,(H,16,18,19). The van der Waals surface area contributed by atoms with Crippen LogP contribution in [-0.2, 0) is 0 Å². The third-order valence-corrected chi connectivity index (χ3v) is 2.96. The third-order valence-electron chi connectivity index (χ3n) is 2.72. The maximum absolute atomic E-state index is 12.0. The Balaban J connectivity index is 1.80. The number of anilines is 1. The molecule has 106 valence electrons. The number of hydrogen-bond donors (Lipinski definition) is 1. The van der Waals surface area contributed by atoms with E-state index in [2.05, 4.69) is 15.6 Å². The molecule has 0 bridgehead atoms. The number of amides is 1. The largest absolute Gasteiger partial charge is 0.360 e. The van der Waals surface area contributed by atoms with Crippen molar-refractivity contribution in [3.05, 3.63) is 52.9 Å². The molecule has 0 aliphatic heterocycles. The molecule has 0 aliphatic rings. The zero-order valence-electron chi connectivity index (χ0n) is 11.0. The van der Waals surface area contributed by atoms with Gasteiger partial charge in [-0.15, -0.1) is 0 Å². The molecular weight excluding hydrogens is 294 g/mol. The van der Waals surface area contributed by atoms with Crippen LogP contribution in [0.1, 0.15) is 16.3 Å². The van der Waals surface area contributed by atoms with Crippen molar-refractivity contribution in [3.63, 3.8) is 0 Å². The molecule has 0 fully saturated rings. The van der Waals surface area contributed by atoms with E-state index in [1.807, 2.05) is 6.07 Å². The minimum absolute atomic E-state index is 0.0747. The van der Waals surface area contributed by atoms with Crippen LogP contribution < -0.4 is 5.32 Å². The minimum Gasteiger partial charge on any atom is -0.360 e. The molecule has 1 aromatic carbocycles. The monoisotopic (exact) mass is 303 g/mol. The average Bonchev–Trinajstić information content (AvgIpc) is 3.08. The first-order chi connectivity index (χ1) is 10.1. The van der Waals surface area contributed by atoms with Gasteiger partial charge in [0, 0.05) is 22.7 Å². The second-order valence-electron chi connectivity index (χ2n) is 4.36. The third kappa shape index (κ3) is 2.95. The SMILES string of the molecule is Cc1cc(NC(=O)c2cc(-c3cccc(Cl)c3)no2)no1. The molecule has 1 N–H and O–H groups in total. The summed E-state index contributed by atoms with van der Waals surface area (Å²) in [6.45, 7) is 1.73. The topological polar surface area (TPSA) is 81.2 Å². The van der Waals surface area contributed by atoms with Crippen LogP contribution in [0, 0.1) is 6.92 Å². The van der Waals surface area contributed by atoms with Gasteiger partial charge in [-0.3, -0.25) is 4.79 Å². The van der Waals surface area contributed by atoms with Crippen LogP contribution in [0.15, 0.2) is 45.4 Å². The van der Waals surface area contributed by atoms with Crippen molar-refractivity contribution >= 4 is 23.3 Å². The molecule has 0 aliphatic carbocycles. The van der Waals surface area contributed by atoms with Gasteiger partial charge in [0.15, 0.2) is 5.82 Å². The number of hydrogen-bond acceptors (Lipinski definition) is 5. The first-order valence-corrected chi connectivity index (χ1v) is 6.47. The van der Waals surface area contributed by atoms with E-state index < -0.39 is 5.91 Å². The lowest BCUT2D eigenvalue weighted by Gasteiger charge is -1.95. The van der Waals surface area contributed by atoms with E-state index in [1.165, 1.54) is 6.07 Å². The van der Waals surface area contributed by atoms with Gasteiger partial charge in [-0.1, -0.05) is 34.0 Å². The smallest absolute Gasteiger partial charge is 0.295 e. The number of rotatable bonds is 3. The van der Waals surface area contributed by atoms with E-state index in [9.17, 15) is 4.79 Å². The van der Waals surface area contributed by atoms with E-state index in [0.717, 1.165) is 5.56 Å². The zero-order chi connectivity index (χ0) is 14.8. The Morgan fingerprint density at radius 3 is 2.76 bits per heavy atom. The van der Waals surface area contributed by atoms with Crippen LogP contribution in [0.25, 0.3) is 11.3 Å². The number of carbonyl (C=O) groups is 1. The second-order valence-corrected chi connectivity index (χ2v) is 4.80. The first-order valence-electron chi connectivity index (χ1n) is 6.09. The van der Waals surface area contributed by atoms with Crippen LogP contribution >= 0.6 is 11.6 Å². The number of halogens is 1. The first kappa shape index (κ1) is 13.4. The van der Waals surface area contributed by atoms with Gasteiger partial charge in [-0.05, 0) is 19.1 Å². The van der Waals surface area contributed by atoms with Crippen LogP contribution in [0.3, 0.4) is 0 Å². The molecule has 6 nitrogen and oxygen atoms in total. The molecule has 0 saturated heterocycles. The van der Waals surface area contributed by atoms with Crippen LogP contribution in [0.5, 0.6) is 0 Å². The van der Waals surface area contributed by atoms with Crippen LogP contribution in [-0.4, -0.2) is 16.2 Å². The van der Waals surface area contributed by atoms with E-state index in [0.29, 0.717) is 22.3 Å². The average molecular weight is 304 g/mol. The Morgan fingerprint density at radius 2 is 2.05 bits per heavy atom. The van der Waals surface area contributed by atoms with E-state index in [-0.39, 0.29) is 5.76 Å². The summed E-state index contributed by atoms with van der Waals surface area (Å²) in [7, 11) is 0. The summed E-state index contributed by atoms with van der Waals surface area (Å²) in [4.78, 5) is 12.0. The molecule has 2 heterocycles. The Hall–Kier alpha value is -2.60. The molecule has 0 unspecified atom stereocenters. The van der Waals surface area contributed by atoms with Crippen molar-refractivity contribution in [2.24, 2.45) is 0 Å². The van der Waals surface area contributed by atoms with Crippen molar-refractivity contribution in [3.8, 4) is 11.3 Å². The van der Waals surface area contributed by atoms with E-state index in [1.54, 1.807) is 31.2 Å².